The number of benzene rings is 1. The summed E-state index contributed by atoms with van der Waals surface area (Å²) in [5.41, 5.74) is 1.65. The van der Waals surface area contributed by atoms with Crippen molar-refractivity contribution < 1.29 is 14.6 Å². The van der Waals surface area contributed by atoms with Crippen molar-refractivity contribution in [2.24, 2.45) is 0 Å². The minimum Gasteiger partial charge on any atom is -0.492 e. The zero-order valence-electron chi connectivity index (χ0n) is 11.8. The number of carbonyl (C=O) groups is 1. The van der Waals surface area contributed by atoms with E-state index in [9.17, 15) is 9.90 Å². The summed E-state index contributed by atoms with van der Waals surface area (Å²) in [5.74, 6) is -0.232. The van der Waals surface area contributed by atoms with E-state index in [0.717, 1.165) is 5.69 Å². The van der Waals surface area contributed by atoms with Crippen LogP contribution in [-0.4, -0.2) is 27.5 Å². The molecule has 0 aliphatic carbocycles. The molecule has 106 valence electrons. The Morgan fingerprint density at radius 2 is 2.10 bits per heavy atom. The molecule has 2 rings (SSSR count). The molecule has 0 bridgehead atoms. The Labute approximate surface area is 117 Å². The van der Waals surface area contributed by atoms with Gasteiger partial charge in [0.2, 0.25) is 0 Å². The van der Waals surface area contributed by atoms with Gasteiger partial charge in [-0.15, -0.1) is 0 Å². The van der Waals surface area contributed by atoms with E-state index in [1.165, 1.54) is 6.20 Å². The first-order valence-electron chi connectivity index (χ1n) is 6.59. The highest BCUT2D eigenvalue weighted by atomic mass is 16.5. The Kier molecular flexibility index (Phi) is 4.08. The number of ether oxygens (including phenoxy) is 1. The molecule has 0 spiro atoms. The van der Waals surface area contributed by atoms with E-state index in [2.05, 4.69) is 5.10 Å². The van der Waals surface area contributed by atoms with E-state index in [1.807, 2.05) is 45.0 Å². The van der Waals surface area contributed by atoms with Crippen LogP contribution in [-0.2, 0) is 0 Å². The highest BCUT2D eigenvalue weighted by Gasteiger charge is 2.21. The maximum absolute atomic E-state index is 11.3. The van der Waals surface area contributed by atoms with Crippen LogP contribution in [0.3, 0.4) is 0 Å². The van der Waals surface area contributed by atoms with Crippen LogP contribution in [0.1, 0.15) is 42.7 Å². The van der Waals surface area contributed by atoms with Crippen molar-refractivity contribution in [3.63, 3.8) is 0 Å². The molecule has 0 aliphatic heterocycles. The lowest BCUT2D eigenvalue weighted by atomic mass is 10.1. The fourth-order valence-corrected chi connectivity index (χ4v) is 2.18. The molecule has 0 atom stereocenters. The number of aromatic nitrogens is 2. The van der Waals surface area contributed by atoms with E-state index in [0.29, 0.717) is 18.1 Å². The smallest absolute Gasteiger partial charge is 0.339 e. The predicted octanol–water partition coefficient (Wildman–Crippen LogP) is 3.09. The lowest BCUT2D eigenvalue weighted by molar-refractivity contribution is 0.0695. The van der Waals surface area contributed by atoms with Crippen molar-refractivity contribution in [1.29, 1.82) is 0 Å². The first-order valence-corrected chi connectivity index (χ1v) is 6.59. The van der Waals surface area contributed by atoms with E-state index in [-0.39, 0.29) is 11.5 Å². The standard InChI is InChI=1S/C15H18N2O3/c1-4-20-13-8-6-5-7-12(13)17-14(10(2)3)11(9-16-17)15(18)19/h5-10H,4H2,1-3H3,(H,18,19). The molecule has 2 aromatic rings. The van der Waals surface area contributed by atoms with E-state index in [4.69, 9.17) is 4.74 Å². The molecular weight excluding hydrogens is 256 g/mol. The monoisotopic (exact) mass is 274 g/mol. The van der Waals surface area contributed by atoms with E-state index >= 15 is 0 Å². The fourth-order valence-electron chi connectivity index (χ4n) is 2.18. The van der Waals surface area contributed by atoms with Crippen LogP contribution in [0.2, 0.25) is 0 Å². The molecular formula is C15H18N2O3. The summed E-state index contributed by atoms with van der Waals surface area (Å²) >= 11 is 0. The normalized spacial score (nSPS) is 10.8. The molecule has 0 fully saturated rings. The quantitative estimate of drug-likeness (QED) is 0.910. The third kappa shape index (κ3) is 2.52. The van der Waals surface area contributed by atoms with Crippen molar-refractivity contribution in [2.75, 3.05) is 6.61 Å². The molecule has 1 aromatic carbocycles. The van der Waals surface area contributed by atoms with Gasteiger partial charge in [-0.2, -0.15) is 5.10 Å². The van der Waals surface area contributed by atoms with Gasteiger partial charge in [0.1, 0.15) is 17.0 Å². The van der Waals surface area contributed by atoms with Gasteiger partial charge in [0.15, 0.2) is 0 Å². The van der Waals surface area contributed by atoms with Gasteiger partial charge in [0, 0.05) is 0 Å². The molecule has 0 unspecified atom stereocenters. The van der Waals surface area contributed by atoms with E-state index < -0.39 is 5.97 Å². The number of aromatic carboxylic acids is 1. The zero-order chi connectivity index (χ0) is 14.7. The van der Waals surface area contributed by atoms with Crippen LogP contribution in [0.5, 0.6) is 5.75 Å². The second kappa shape index (κ2) is 5.77. The SMILES string of the molecule is CCOc1ccccc1-n1ncc(C(=O)O)c1C(C)C. The summed E-state index contributed by atoms with van der Waals surface area (Å²) in [6, 6.07) is 7.48. The molecule has 1 N–H and O–H groups in total. The van der Waals surface area contributed by atoms with Crippen molar-refractivity contribution in [2.45, 2.75) is 26.7 Å². The van der Waals surface area contributed by atoms with Crippen molar-refractivity contribution in [3.05, 3.63) is 41.7 Å². The third-order valence-corrected chi connectivity index (χ3v) is 2.98. The third-order valence-electron chi connectivity index (χ3n) is 2.98. The summed E-state index contributed by atoms with van der Waals surface area (Å²) in [6.07, 6.45) is 1.39. The largest absolute Gasteiger partial charge is 0.492 e. The van der Waals surface area contributed by atoms with E-state index in [1.54, 1.807) is 4.68 Å². The molecule has 0 amide bonds. The summed E-state index contributed by atoms with van der Waals surface area (Å²) in [5, 5.41) is 13.5. The predicted molar refractivity (Wildman–Crippen MR) is 75.8 cm³/mol. The molecule has 1 aromatic heterocycles. The number of hydrogen-bond acceptors (Lipinski definition) is 3. The summed E-state index contributed by atoms with van der Waals surface area (Å²) in [6.45, 7) is 6.35. The number of carboxylic acid groups (broad SMARTS) is 1. The molecule has 5 heteroatoms. The van der Waals surface area contributed by atoms with Gasteiger partial charge in [-0.25, -0.2) is 9.48 Å². The number of nitrogens with zero attached hydrogens (tertiary/aromatic N) is 2. The Balaban J connectivity index is 2.61. The van der Waals surface area contributed by atoms with Crippen LogP contribution in [0, 0.1) is 0 Å². The molecule has 0 radical (unpaired) electrons. The minimum atomic E-state index is -0.964. The average Bonchev–Trinajstić information content (AvgIpc) is 2.84. The molecule has 0 aliphatic rings. The summed E-state index contributed by atoms with van der Waals surface area (Å²) in [7, 11) is 0. The number of para-hydroxylation sites is 2. The van der Waals surface area contributed by atoms with Gasteiger partial charge in [-0.3, -0.25) is 0 Å². The second-order valence-electron chi connectivity index (χ2n) is 4.72. The van der Waals surface area contributed by atoms with Crippen LogP contribution < -0.4 is 4.74 Å². The van der Waals surface area contributed by atoms with Gasteiger partial charge >= 0.3 is 5.97 Å². The van der Waals surface area contributed by atoms with Gasteiger partial charge in [-0.1, -0.05) is 26.0 Å². The Bertz CT molecular complexity index is 617. The number of carboxylic acids is 1. The van der Waals surface area contributed by atoms with Gasteiger partial charge in [-0.05, 0) is 25.0 Å². The van der Waals surface area contributed by atoms with Crippen molar-refractivity contribution in [3.8, 4) is 11.4 Å². The highest BCUT2D eigenvalue weighted by Crippen LogP contribution is 2.28. The Hall–Kier alpha value is -2.30. The molecule has 0 saturated heterocycles. The van der Waals surface area contributed by atoms with Gasteiger partial charge < -0.3 is 9.84 Å². The molecule has 1 heterocycles. The second-order valence-corrected chi connectivity index (χ2v) is 4.72. The Morgan fingerprint density at radius 1 is 1.40 bits per heavy atom. The highest BCUT2D eigenvalue weighted by molar-refractivity contribution is 5.89. The van der Waals surface area contributed by atoms with Crippen LogP contribution in [0.4, 0.5) is 0 Å². The van der Waals surface area contributed by atoms with Crippen molar-refractivity contribution >= 4 is 5.97 Å². The first kappa shape index (κ1) is 14.1. The summed E-state index contributed by atoms with van der Waals surface area (Å²) in [4.78, 5) is 11.3. The first-order chi connectivity index (χ1) is 9.56. The minimum absolute atomic E-state index is 0.0401. The fraction of sp³-hybridized carbons (Fsp3) is 0.333. The molecule has 0 saturated carbocycles. The summed E-state index contributed by atoms with van der Waals surface area (Å²) < 4.78 is 7.24. The zero-order valence-corrected chi connectivity index (χ0v) is 11.8. The van der Waals surface area contributed by atoms with Crippen molar-refractivity contribution in [1.82, 2.24) is 9.78 Å². The van der Waals surface area contributed by atoms with Crippen LogP contribution in [0.15, 0.2) is 30.5 Å². The maximum atomic E-state index is 11.3. The van der Waals surface area contributed by atoms with Gasteiger partial charge in [0.05, 0.1) is 18.5 Å². The molecule has 20 heavy (non-hydrogen) atoms. The maximum Gasteiger partial charge on any atom is 0.339 e. The van der Waals surface area contributed by atoms with Crippen LogP contribution >= 0.6 is 0 Å². The van der Waals surface area contributed by atoms with Gasteiger partial charge in [0.25, 0.3) is 0 Å². The van der Waals surface area contributed by atoms with Crippen LogP contribution in [0.25, 0.3) is 5.69 Å². The Morgan fingerprint density at radius 3 is 2.70 bits per heavy atom. The number of rotatable bonds is 5. The topological polar surface area (TPSA) is 64.4 Å². The average molecular weight is 274 g/mol. The molecule has 5 nitrogen and oxygen atoms in total. The lowest BCUT2D eigenvalue weighted by Gasteiger charge is -2.15. The number of hydrogen-bond donors (Lipinski definition) is 1. The lowest BCUT2D eigenvalue weighted by Crippen LogP contribution is -2.09.